The van der Waals surface area contributed by atoms with Gasteiger partial charge in [-0.1, -0.05) is 39.0 Å². The number of pyridine rings is 2. The largest absolute Gasteiger partial charge is 0.455 e. The van der Waals surface area contributed by atoms with Crippen molar-refractivity contribution in [3.05, 3.63) is 84.1 Å². The monoisotopic (exact) mass is 865 g/mol. The molecular formula is C46H64FN5O10. The van der Waals surface area contributed by atoms with E-state index in [1.807, 2.05) is 31.2 Å². The lowest BCUT2D eigenvalue weighted by Gasteiger charge is -2.46. The molecule has 5 rings (SSSR count). The number of aliphatic hydroxyl groups is 1. The van der Waals surface area contributed by atoms with E-state index in [1.165, 1.54) is 25.9 Å². The van der Waals surface area contributed by atoms with Crippen LogP contribution in [0.25, 0.3) is 0 Å². The van der Waals surface area contributed by atoms with Gasteiger partial charge in [0, 0.05) is 88.1 Å². The molecule has 2 aromatic heterocycles. The van der Waals surface area contributed by atoms with Gasteiger partial charge in [-0.3, -0.25) is 29.4 Å². The summed E-state index contributed by atoms with van der Waals surface area (Å²) < 4.78 is 47.7. The van der Waals surface area contributed by atoms with Crippen molar-refractivity contribution in [2.24, 2.45) is 11.8 Å². The first-order valence-electron chi connectivity index (χ1n) is 21.4. The smallest absolute Gasteiger partial charge is 0.415 e. The summed E-state index contributed by atoms with van der Waals surface area (Å²) in [7, 11) is 1.38. The molecule has 0 aliphatic carbocycles. The van der Waals surface area contributed by atoms with Crippen LogP contribution in [-0.4, -0.2) is 129 Å². The molecule has 1 amide bonds. The van der Waals surface area contributed by atoms with E-state index < -0.39 is 83.3 Å². The number of nitrogens with one attached hydrogen (secondary N) is 1. The molecular weight excluding hydrogens is 802 g/mol. The van der Waals surface area contributed by atoms with E-state index in [4.69, 9.17) is 23.7 Å². The van der Waals surface area contributed by atoms with Crippen LogP contribution in [0.1, 0.15) is 85.8 Å². The predicted octanol–water partition coefficient (Wildman–Crippen LogP) is 5.26. The maximum atomic E-state index is 17.0. The lowest BCUT2D eigenvalue weighted by Crippen LogP contribution is -2.60. The van der Waals surface area contributed by atoms with Gasteiger partial charge in [-0.05, 0) is 77.1 Å². The first-order valence-corrected chi connectivity index (χ1v) is 21.4. The van der Waals surface area contributed by atoms with Gasteiger partial charge in [0.05, 0.1) is 23.5 Å². The van der Waals surface area contributed by atoms with Gasteiger partial charge in [-0.25, -0.2) is 14.0 Å². The molecule has 2 saturated heterocycles. The number of ketones is 2. The van der Waals surface area contributed by atoms with Gasteiger partial charge >= 0.3 is 12.1 Å². The fourth-order valence-corrected chi connectivity index (χ4v) is 9.13. The standard InChI is InChI=1S/C46H64FN5O10/c1-11-17-50-34-22-29(4)59-41(37(34)54)61-40-31(6)39(55)45(8,47)42(56)60-35(12-2)46(9)38(30(5)36(53)28(3)23-44(40,7)58-10)52(43(57)62-46)21-20-51(26-32-15-13-18-48-24-32)27-33-16-14-19-49-25-33/h11,13-16,18-19,24-25,28-29,31,34-35,37,40-41,50,54H,1,12,17,20-23,26-27H2,2-10H3/b38-30+/t28-,29-,31-,34+,35-,37+,40-,41+,44-,45+,46-/m1/s1. The Morgan fingerprint density at radius 3 is 2.24 bits per heavy atom. The van der Waals surface area contributed by atoms with Crippen LogP contribution >= 0.6 is 0 Å². The average molecular weight is 866 g/mol. The van der Waals surface area contributed by atoms with Crippen molar-refractivity contribution in [3.8, 4) is 0 Å². The Morgan fingerprint density at radius 2 is 1.69 bits per heavy atom. The summed E-state index contributed by atoms with van der Waals surface area (Å²) in [4.78, 5) is 69.3. The van der Waals surface area contributed by atoms with Crippen molar-refractivity contribution in [2.45, 2.75) is 141 Å². The fraction of sp³-hybridized carbons (Fsp3) is 0.609. The Hall–Kier alpha value is -4.45. The zero-order valence-corrected chi connectivity index (χ0v) is 37.5. The van der Waals surface area contributed by atoms with E-state index in [0.29, 0.717) is 32.6 Å². The maximum Gasteiger partial charge on any atom is 0.415 e. The number of halogens is 1. The van der Waals surface area contributed by atoms with Crippen LogP contribution in [0.4, 0.5) is 9.18 Å². The van der Waals surface area contributed by atoms with Crippen LogP contribution in [0.3, 0.4) is 0 Å². The van der Waals surface area contributed by atoms with Crippen molar-refractivity contribution < 1.29 is 52.4 Å². The Labute approximate surface area is 364 Å². The minimum Gasteiger partial charge on any atom is -0.455 e. The molecule has 0 aromatic carbocycles. The summed E-state index contributed by atoms with van der Waals surface area (Å²) in [6.07, 6.45) is 2.58. The fourth-order valence-electron chi connectivity index (χ4n) is 9.13. The number of methoxy groups -OCH3 is 1. The number of aromatic nitrogens is 2. The van der Waals surface area contributed by atoms with E-state index in [1.54, 1.807) is 58.6 Å². The number of aliphatic hydroxyl groups excluding tert-OH is 1. The minimum atomic E-state index is -3.22. The van der Waals surface area contributed by atoms with Crippen LogP contribution in [-0.2, 0) is 51.2 Å². The molecule has 0 unspecified atom stereocenters. The van der Waals surface area contributed by atoms with Crippen LogP contribution < -0.4 is 5.32 Å². The lowest BCUT2D eigenvalue weighted by atomic mass is 9.76. The highest BCUT2D eigenvalue weighted by Crippen LogP contribution is 2.44. The predicted molar refractivity (Wildman–Crippen MR) is 227 cm³/mol. The van der Waals surface area contributed by atoms with Crippen LogP contribution in [0.15, 0.2) is 73.0 Å². The number of alkyl halides is 1. The van der Waals surface area contributed by atoms with Gasteiger partial charge < -0.3 is 34.1 Å². The molecule has 5 heterocycles. The Bertz CT molecular complexity index is 1890. The second-order valence-electron chi connectivity index (χ2n) is 17.4. The number of carbonyl (C=O) groups excluding carboxylic acids is 4. The number of ether oxygens (including phenoxy) is 5. The summed E-state index contributed by atoms with van der Waals surface area (Å²) in [6, 6.07) is 7.11. The number of esters is 1. The van der Waals surface area contributed by atoms with E-state index >= 15 is 4.39 Å². The molecule has 15 nitrogen and oxygen atoms in total. The second-order valence-corrected chi connectivity index (χ2v) is 17.4. The van der Waals surface area contributed by atoms with E-state index in [2.05, 4.69) is 26.8 Å². The number of hydrogen-bond donors (Lipinski definition) is 2. The summed E-state index contributed by atoms with van der Waals surface area (Å²) in [5.41, 5.74) is -4.29. The van der Waals surface area contributed by atoms with Gasteiger partial charge in [-0.15, -0.1) is 6.58 Å². The Balaban J connectivity index is 1.57. The van der Waals surface area contributed by atoms with E-state index in [9.17, 15) is 24.3 Å². The highest BCUT2D eigenvalue weighted by molar-refractivity contribution is 6.08. The number of cyclic esters (lactones) is 1. The number of fused-ring (bicyclic) bond motifs is 1. The third kappa shape index (κ3) is 10.5. The number of rotatable bonds is 14. The van der Waals surface area contributed by atoms with E-state index in [-0.39, 0.29) is 36.4 Å². The quantitative estimate of drug-likeness (QED) is 0.143. The Kier molecular flexibility index (Phi) is 16.0. The summed E-state index contributed by atoms with van der Waals surface area (Å²) in [5.74, 6) is -5.28. The van der Waals surface area contributed by atoms with Gasteiger partial charge in [0.15, 0.2) is 23.5 Å². The Morgan fingerprint density at radius 1 is 1.06 bits per heavy atom. The van der Waals surface area contributed by atoms with Gasteiger partial charge in [-0.2, -0.15) is 0 Å². The molecule has 3 aliphatic rings. The molecule has 0 saturated carbocycles. The molecule has 11 atom stereocenters. The van der Waals surface area contributed by atoms with Gasteiger partial charge in [0.1, 0.15) is 12.2 Å². The summed E-state index contributed by atoms with van der Waals surface area (Å²) in [6.45, 7) is 17.6. The molecule has 3 aliphatic heterocycles. The number of nitrogens with zero attached hydrogens (tertiary/aromatic N) is 4. The third-order valence-corrected chi connectivity index (χ3v) is 12.5. The number of allylic oxidation sites excluding steroid dienone is 1. The highest BCUT2D eigenvalue weighted by atomic mass is 19.1. The zero-order valence-electron chi connectivity index (χ0n) is 37.5. The van der Waals surface area contributed by atoms with Crippen LogP contribution in [0.2, 0.25) is 0 Å². The first-order chi connectivity index (χ1) is 29.3. The van der Waals surface area contributed by atoms with Crippen molar-refractivity contribution in [2.75, 3.05) is 26.7 Å². The van der Waals surface area contributed by atoms with Crippen molar-refractivity contribution >= 4 is 23.6 Å². The molecule has 0 spiro atoms. The van der Waals surface area contributed by atoms with Gasteiger partial charge in [0.25, 0.3) is 5.67 Å². The van der Waals surface area contributed by atoms with Crippen LogP contribution in [0.5, 0.6) is 0 Å². The lowest BCUT2D eigenvalue weighted by molar-refractivity contribution is -0.290. The first kappa shape index (κ1) is 48.6. The van der Waals surface area contributed by atoms with Crippen molar-refractivity contribution in [3.63, 3.8) is 0 Å². The molecule has 2 aromatic rings. The molecule has 2 N–H and O–H groups in total. The van der Waals surface area contributed by atoms with E-state index in [0.717, 1.165) is 18.1 Å². The number of hydrogen-bond acceptors (Lipinski definition) is 14. The number of amides is 1. The third-order valence-electron chi connectivity index (χ3n) is 12.5. The molecule has 16 heteroatoms. The number of Topliss-reactive ketones (excluding diaryl/α,β-unsaturated/α-hetero) is 2. The molecule has 0 radical (unpaired) electrons. The van der Waals surface area contributed by atoms with Crippen molar-refractivity contribution in [1.82, 2.24) is 25.1 Å². The van der Waals surface area contributed by atoms with Crippen molar-refractivity contribution in [1.29, 1.82) is 0 Å². The normalized spacial score (nSPS) is 35.0. The minimum absolute atomic E-state index is 0.0292. The van der Waals surface area contributed by atoms with Gasteiger partial charge in [0.2, 0.25) is 0 Å². The molecule has 340 valence electrons. The summed E-state index contributed by atoms with van der Waals surface area (Å²) >= 11 is 0. The zero-order chi connectivity index (χ0) is 45.6. The molecule has 0 bridgehead atoms. The molecule has 2 fully saturated rings. The maximum absolute atomic E-state index is 17.0. The summed E-state index contributed by atoms with van der Waals surface area (Å²) in [5, 5.41) is 14.7. The molecule has 62 heavy (non-hydrogen) atoms. The topological polar surface area (TPSA) is 179 Å². The average Bonchev–Trinajstić information content (AvgIpc) is 3.51. The highest BCUT2D eigenvalue weighted by Gasteiger charge is 2.58. The SMILES string of the molecule is C=CCN[C@H]1C[C@@H](C)O[C@@H](O[C@@H]2[C@H](C)C(=O)[C@](C)(F)C(=O)O[C@H](CC)[C@@]3(C)OC(=O)N(CCN(Cc4cccnc4)Cc4cccnc4)/C3=C(\C)C(=O)[C@H](C)C[C@@]2(C)OC)[C@H]1O. The van der Waals surface area contributed by atoms with Crippen LogP contribution in [0, 0.1) is 11.8 Å². The second kappa shape index (κ2) is 20.4. The number of carbonyl (C=O) groups is 4.